The number of amides is 1. The topological polar surface area (TPSA) is 88.4 Å². The van der Waals surface area contributed by atoms with Gasteiger partial charge in [-0.05, 0) is 80.1 Å². The SMILES string of the molecule is C=CCc1cc(/C=C2\SC(=Nc3ccc(C(=O)OC)cc3)N(CC)C2=O)cc(OCC)c1O. The summed E-state index contributed by atoms with van der Waals surface area (Å²) in [4.78, 5) is 31.3. The van der Waals surface area contributed by atoms with Crippen LogP contribution in [0.25, 0.3) is 6.08 Å². The lowest BCUT2D eigenvalue weighted by atomic mass is 10.1. The maximum absolute atomic E-state index is 13.0. The Bertz CT molecular complexity index is 1120. The van der Waals surface area contributed by atoms with Gasteiger partial charge in [-0.15, -0.1) is 6.58 Å². The molecule has 0 aromatic heterocycles. The molecule has 1 saturated heterocycles. The highest BCUT2D eigenvalue weighted by molar-refractivity contribution is 8.18. The second kappa shape index (κ2) is 10.9. The van der Waals surface area contributed by atoms with E-state index in [4.69, 9.17) is 9.47 Å². The maximum Gasteiger partial charge on any atom is 0.337 e. The number of benzene rings is 2. The fourth-order valence-electron chi connectivity index (χ4n) is 3.27. The fraction of sp³-hybridized carbons (Fsp3) is 0.240. The Morgan fingerprint density at radius 3 is 2.58 bits per heavy atom. The first-order valence-corrected chi connectivity index (χ1v) is 11.3. The summed E-state index contributed by atoms with van der Waals surface area (Å²) in [6.45, 7) is 8.33. The first-order valence-electron chi connectivity index (χ1n) is 10.5. The van der Waals surface area contributed by atoms with Crippen LogP contribution < -0.4 is 4.74 Å². The lowest BCUT2D eigenvalue weighted by Crippen LogP contribution is -2.28. The number of hydrogen-bond donors (Lipinski definition) is 1. The molecule has 0 radical (unpaired) electrons. The van der Waals surface area contributed by atoms with E-state index in [1.807, 2.05) is 19.9 Å². The number of allylic oxidation sites excluding steroid dienone is 1. The van der Waals surface area contributed by atoms with E-state index in [1.54, 1.807) is 47.4 Å². The van der Waals surface area contributed by atoms with E-state index >= 15 is 0 Å². The van der Waals surface area contributed by atoms with Gasteiger partial charge < -0.3 is 14.6 Å². The summed E-state index contributed by atoms with van der Waals surface area (Å²) in [6, 6.07) is 10.2. The molecule has 172 valence electrons. The number of ether oxygens (including phenoxy) is 2. The van der Waals surface area contributed by atoms with Crippen LogP contribution in [0.4, 0.5) is 5.69 Å². The van der Waals surface area contributed by atoms with Gasteiger partial charge in [-0.25, -0.2) is 9.79 Å². The van der Waals surface area contributed by atoms with Crippen LogP contribution in [0.3, 0.4) is 0 Å². The Kier molecular flexibility index (Phi) is 7.95. The second-order valence-corrected chi connectivity index (χ2v) is 8.05. The van der Waals surface area contributed by atoms with Gasteiger partial charge in [0.1, 0.15) is 0 Å². The van der Waals surface area contributed by atoms with Gasteiger partial charge in [-0.2, -0.15) is 0 Å². The van der Waals surface area contributed by atoms with Crippen molar-refractivity contribution in [2.45, 2.75) is 20.3 Å². The Morgan fingerprint density at radius 1 is 1.24 bits per heavy atom. The minimum Gasteiger partial charge on any atom is -0.504 e. The number of aromatic hydroxyl groups is 1. The van der Waals surface area contributed by atoms with Gasteiger partial charge in [0.2, 0.25) is 0 Å². The third kappa shape index (κ3) is 5.46. The van der Waals surface area contributed by atoms with Crippen LogP contribution >= 0.6 is 11.8 Å². The van der Waals surface area contributed by atoms with Crippen LogP contribution in [-0.4, -0.2) is 47.3 Å². The number of thioether (sulfide) groups is 1. The van der Waals surface area contributed by atoms with Crippen LogP contribution in [0, 0.1) is 0 Å². The molecule has 1 amide bonds. The predicted molar refractivity (Wildman–Crippen MR) is 131 cm³/mol. The van der Waals surface area contributed by atoms with Crippen molar-refractivity contribution in [1.29, 1.82) is 0 Å². The van der Waals surface area contributed by atoms with E-state index in [0.717, 1.165) is 5.56 Å². The number of aliphatic imine (C=N–C) groups is 1. The third-order valence-corrected chi connectivity index (χ3v) is 5.86. The van der Waals surface area contributed by atoms with Gasteiger partial charge in [-0.3, -0.25) is 9.69 Å². The highest BCUT2D eigenvalue weighted by Crippen LogP contribution is 2.37. The first kappa shape index (κ1) is 24.1. The zero-order chi connectivity index (χ0) is 24.0. The fourth-order valence-corrected chi connectivity index (χ4v) is 4.33. The summed E-state index contributed by atoms with van der Waals surface area (Å²) in [5.41, 5.74) is 2.46. The molecule has 1 N–H and O–H groups in total. The molecule has 3 rings (SSSR count). The highest BCUT2D eigenvalue weighted by atomic mass is 32.2. The molecule has 0 bridgehead atoms. The van der Waals surface area contributed by atoms with Crippen molar-refractivity contribution in [3.63, 3.8) is 0 Å². The number of carbonyl (C=O) groups excluding carboxylic acids is 2. The Morgan fingerprint density at radius 2 is 1.97 bits per heavy atom. The quantitative estimate of drug-likeness (QED) is 0.337. The number of carbonyl (C=O) groups is 2. The molecular formula is C25H26N2O5S. The van der Waals surface area contributed by atoms with E-state index in [2.05, 4.69) is 11.6 Å². The van der Waals surface area contributed by atoms with Crippen molar-refractivity contribution in [3.05, 3.63) is 70.6 Å². The number of phenols is 1. The number of rotatable bonds is 8. The summed E-state index contributed by atoms with van der Waals surface area (Å²) < 4.78 is 10.3. The number of amidine groups is 1. The van der Waals surface area contributed by atoms with Crippen LogP contribution in [0.2, 0.25) is 0 Å². The monoisotopic (exact) mass is 466 g/mol. The molecule has 1 heterocycles. The summed E-state index contributed by atoms with van der Waals surface area (Å²) in [6.07, 6.45) is 3.94. The largest absolute Gasteiger partial charge is 0.504 e. The molecule has 1 aliphatic heterocycles. The van der Waals surface area contributed by atoms with Crippen LogP contribution in [0.5, 0.6) is 11.5 Å². The first-order chi connectivity index (χ1) is 15.9. The third-order valence-electron chi connectivity index (χ3n) is 4.86. The van der Waals surface area contributed by atoms with Crippen molar-refractivity contribution < 1.29 is 24.2 Å². The van der Waals surface area contributed by atoms with E-state index in [-0.39, 0.29) is 11.7 Å². The molecule has 1 fully saturated rings. The minimum absolute atomic E-state index is 0.0807. The van der Waals surface area contributed by atoms with Gasteiger partial charge in [0.15, 0.2) is 16.7 Å². The Balaban J connectivity index is 1.94. The zero-order valence-corrected chi connectivity index (χ0v) is 19.6. The van der Waals surface area contributed by atoms with Crippen molar-refractivity contribution >= 4 is 40.6 Å². The number of likely N-dealkylation sites (N-methyl/N-ethyl adjacent to an activating group) is 1. The molecule has 2 aromatic carbocycles. The van der Waals surface area contributed by atoms with Crippen LogP contribution in [-0.2, 0) is 16.0 Å². The number of esters is 1. The van der Waals surface area contributed by atoms with E-state index in [0.29, 0.717) is 52.2 Å². The maximum atomic E-state index is 13.0. The summed E-state index contributed by atoms with van der Waals surface area (Å²) in [5.74, 6) is -0.122. The van der Waals surface area contributed by atoms with Gasteiger partial charge in [0.05, 0.1) is 29.9 Å². The molecule has 2 aromatic rings. The normalized spacial score (nSPS) is 15.8. The lowest BCUT2D eigenvalue weighted by molar-refractivity contribution is -0.122. The summed E-state index contributed by atoms with van der Waals surface area (Å²) >= 11 is 1.27. The smallest absolute Gasteiger partial charge is 0.337 e. The van der Waals surface area contributed by atoms with Crippen LogP contribution in [0.15, 0.2) is 59.0 Å². The van der Waals surface area contributed by atoms with E-state index in [1.165, 1.54) is 18.9 Å². The van der Waals surface area contributed by atoms with Gasteiger partial charge >= 0.3 is 5.97 Å². The Hall–Kier alpha value is -3.52. The molecule has 0 unspecified atom stereocenters. The molecule has 0 spiro atoms. The minimum atomic E-state index is -0.420. The average Bonchev–Trinajstić information content (AvgIpc) is 3.10. The van der Waals surface area contributed by atoms with Crippen LogP contribution in [0.1, 0.15) is 35.3 Å². The number of methoxy groups -OCH3 is 1. The van der Waals surface area contributed by atoms with Gasteiger partial charge in [0, 0.05) is 12.1 Å². The molecular weight excluding hydrogens is 440 g/mol. The lowest BCUT2D eigenvalue weighted by Gasteiger charge is -2.12. The van der Waals surface area contributed by atoms with Crippen molar-refractivity contribution in [1.82, 2.24) is 4.90 Å². The molecule has 1 aliphatic rings. The predicted octanol–water partition coefficient (Wildman–Crippen LogP) is 4.93. The Labute approximate surface area is 197 Å². The molecule has 33 heavy (non-hydrogen) atoms. The van der Waals surface area contributed by atoms with E-state index in [9.17, 15) is 14.7 Å². The zero-order valence-electron chi connectivity index (χ0n) is 18.8. The van der Waals surface area contributed by atoms with Gasteiger partial charge in [-0.1, -0.05) is 6.08 Å². The standard InChI is InChI=1S/C25H26N2O5S/c1-5-8-18-13-16(14-20(22(18)28)32-7-3)15-21-23(29)27(6-2)25(33-21)26-19-11-9-17(10-12-19)24(30)31-4/h5,9-15,28H,1,6-8H2,2-4H3/b21-15-,26-25?. The number of nitrogens with zero attached hydrogens (tertiary/aromatic N) is 2. The molecule has 7 nitrogen and oxygen atoms in total. The molecule has 8 heteroatoms. The average molecular weight is 467 g/mol. The summed E-state index contributed by atoms with van der Waals surface area (Å²) in [5, 5.41) is 11.0. The van der Waals surface area contributed by atoms with Crippen molar-refractivity contribution in [2.75, 3.05) is 20.3 Å². The highest BCUT2D eigenvalue weighted by Gasteiger charge is 2.32. The summed E-state index contributed by atoms with van der Waals surface area (Å²) in [7, 11) is 1.33. The van der Waals surface area contributed by atoms with Crippen molar-refractivity contribution in [2.24, 2.45) is 4.99 Å². The number of phenolic OH excluding ortho intramolecular Hbond substituents is 1. The number of hydrogen-bond acceptors (Lipinski definition) is 7. The molecule has 0 saturated carbocycles. The second-order valence-electron chi connectivity index (χ2n) is 7.05. The molecule has 0 aliphatic carbocycles. The van der Waals surface area contributed by atoms with E-state index < -0.39 is 5.97 Å². The van der Waals surface area contributed by atoms with Gasteiger partial charge in [0.25, 0.3) is 5.91 Å². The van der Waals surface area contributed by atoms with Crippen molar-refractivity contribution in [3.8, 4) is 11.5 Å². The molecule has 0 atom stereocenters.